The van der Waals surface area contributed by atoms with Crippen molar-refractivity contribution in [2.75, 3.05) is 26.4 Å². The van der Waals surface area contributed by atoms with Gasteiger partial charge in [-0.1, -0.05) is 36.2 Å². The van der Waals surface area contributed by atoms with Gasteiger partial charge in [-0.2, -0.15) is 0 Å². The van der Waals surface area contributed by atoms with Crippen molar-refractivity contribution in [2.24, 2.45) is 0 Å². The van der Waals surface area contributed by atoms with Crippen molar-refractivity contribution in [3.8, 4) is 0 Å². The number of hydrogen-bond acceptors (Lipinski definition) is 3. The molecule has 2 atom stereocenters. The van der Waals surface area contributed by atoms with Gasteiger partial charge in [-0.05, 0) is 24.2 Å². The number of nitrogens with one attached hydrogen (secondary N) is 1. The molecule has 0 spiro atoms. The van der Waals surface area contributed by atoms with Crippen molar-refractivity contribution in [1.82, 2.24) is 5.32 Å². The van der Waals surface area contributed by atoms with Crippen LogP contribution < -0.4 is 5.32 Å². The van der Waals surface area contributed by atoms with E-state index in [0.29, 0.717) is 29.9 Å². The highest BCUT2D eigenvalue weighted by Gasteiger charge is 2.26. The monoisotopic (exact) mass is 289 g/mol. The molecule has 2 unspecified atom stereocenters. The Bertz CT molecular complexity index is 395. The predicted octanol–water partition coefficient (Wildman–Crippen LogP) is 3.06. The first-order valence-electron chi connectivity index (χ1n) is 6.10. The van der Waals surface area contributed by atoms with E-state index in [9.17, 15) is 0 Å². The summed E-state index contributed by atoms with van der Waals surface area (Å²) in [6.07, 6.45) is 0.0101. The zero-order valence-corrected chi connectivity index (χ0v) is 11.8. The summed E-state index contributed by atoms with van der Waals surface area (Å²) in [4.78, 5) is 0. The third-order valence-corrected chi connectivity index (χ3v) is 3.68. The zero-order valence-electron chi connectivity index (χ0n) is 10.3. The van der Waals surface area contributed by atoms with Crippen LogP contribution in [0.4, 0.5) is 0 Å². The Morgan fingerprint density at radius 3 is 2.78 bits per heavy atom. The van der Waals surface area contributed by atoms with Crippen molar-refractivity contribution in [2.45, 2.75) is 19.1 Å². The number of hydrogen-bond donors (Lipinski definition) is 1. The largest absolute Gasteiger partial charge is 0.376 e. The van der Waals surface area contributed by atoms with Crippen LogP contribution in [0.2, 0.25) is 10.0 Å². The molecule has 3 nitrogen and oxygen atoms in total. The topological polar surface area (TPSA) is 30.5 Å². The van der Waals surface area contributed by atoms with Gasteiger partial charge in [-0.15, -0.1) is 0 Å². The van der Waals surface area contributed by atoms with E-state index < -0.39 is 0 Å². The van der Waals surface area contributed by atoms with Crippen LogP contribution >= 0.6 is 23.2 Å². The highest BCUT2D eigenvalue weighted by atomic mass is 35.5. The van der Waals surface area contributed by atoms with Gasteiger partial charge in [0, 0.05) is 0 Å². The van der Waals surface area contributed by atoms with Crippen LogP contribution in [0.3, 0.4) is 0 Å². The third kappa shape index (κ3) is 3.37. The molecule has 0 amide bonds. The molecule has 0 aromatic heterocycles. The molecule has 1 aromatic carbocycles. The fourth-order valence-corrected chi connectivity index (χ4v) is 2.39. The molecular formula is C13H17Cl2NO2. The van der Waals surface area contributed by atoms with E-state index in [1.807, 2.05) is 18.2 Å². The summed E-state index contributed by atoms with van der Waals surface area (Å²) >= 11 is 12.0. The maximum Gasteiger partial charge on any atom is 0.100 e. The zero-order chi connectivity index (χ0) is 13.0. The summed E-state index contributed by atoms with van der Waals surface area (Å²) < 4.78 is 11.2. The molecule has 1 aliphatic rings. The van der Waals surface area contributed by atoms with Gasteiger partial charge < -0.3 is 14.8 Å². The van der Waals surface area contributed by atoms with Gasteiger partial charge in [0.15, 0.2) is 0 Å². The van der Waals surface area contributed by atoms with E-state index in [2.05, 4.69) is 12.2 Å². The summed E-state index contributed by atoms with van der Waals surface area (Å²) in [7, 11) is 0. The molecule has 2 rings (SSSR count). The molecule has 1 N–H and O–H groups in total. The molecule has 0 bridgehead atoms. The molecule has 5 heteroatoms. The van der Waals surface area contributed by atoms with Gasteiger partial charge in [0.1, 0.15) is 6.10 Å². The van der Waals surface area contributed by atoms with E-state index >= 15 is 0 Å². The summed E-state index contributed by atoms with van der Waals surface area (Å²) in [5, 5.41) is 4.54. The maximum atomic E-state index is 6.07. The van der Waals surface area contributed by atoms with Crippen LogP contribution in [0, 0.1) is 0 Å². The molecule has 1 heterocycles. The minimum atomic E-state index is 0.0101. The van der Waals surface area contributed by atoms with Gasteiger partial charge in [-0.25, -0.2) is 0 Å². The summed E-state index contributed by atoms with van der Waals surface area (Å²) in [5.41, 5.74) is 1.07. The number of halogens is 2. The van der Waals surface area contributed by atoms with E-state index in [-0.39, 0.29) is 12.1 Å². The van der Waals surface area contributed by atoms with E-state index in [4.69, 9.17) is 32.7 Å². The Morgan fingerprint density at radius 1 is 1.33 bits per heavy atom. The maximum absolute atomic E-state index is 6.07. The second kappa shape index (κ2) is 6.73. The SMILES string of the molecule is CCNC(c1ccc(Cl)c(Cl)c1)C1COCCO1. The first-order valence-corrected chi connectivity index (χ1v) is 6.85. The molecule has 100 valence electrons. The van der Waals surface area contributed by atoms with Gasteiger partial charge in [0.05, 0.1) is 35.9 Å². The molecule has 18 heavy (non-hydrogen) atoms. The number of rotatable bonds is 4. The Labute approximate surface area is 117 Å². The molecule has 0 radical (unpaired) electrons. The van der Waals surface area contributed by atoms with Crippen LogP contribution in [0.5, 0.6) is 0 Å². The van der Waals surface area contributed by atoms with Crippen LogP contribution in [0.1, 0.15) is 18.5 Å². The lowest BCUT2D eigenvalue weighted by atomic mass is 10.0. The van der Waals surface area contributed by atoms with Gasteiger partial charge in [-0.3, -0.25) is 0 Å². The second-order valence-corrected chi connectivity index (χ2v) is 5.01. The minimum Gasteiger partial charge on any atom is -0.376 e. The minimum absolute atomic E-state index is 0.0101. The Morgan fingerprint density at radius 2 is 2.17 bits per heavy atom. The fourth-order valence-electron chi connectivity index (χ4n) is 2.09. The summed E-state index contributed by atoms with van der Waals surface area (Å²) in [6, 6.07) is 5.74. The molecule has 1 aliphatic heterocycles. The smallest absolute Gasteiger partial charge is 0.100 e. The lowest BCUT2D eigenvalue weighted by Crippen LogP contribution is -2.40. The van der Waals surface area contributed by atoms with Crippen molar-refractivity contribution in [3.63, 3.8) is 0 Å². The van der Waals surface area contributed by atoms with Crippen LogP contribution in [0.25, 0.3) is 0 Å². The van der Waals surface area contributed by atoms with E-state index in [0.717, 1.165) is 12.1 Å². The molecule has 1 aromatic rings. The van der Waals surface area contributed by atoms with Gasteiger partial charge >= 0.3 is 0 Å². The first kappa shape index (κ1) is 14.1. The van der Waals surface area contributed by atoms with Crippen molar-refractivity contribution < 1.29 is 9.47 Å². The predicted molar refractivity (Wildman–Crippen MR) is 73.4 cm³/mol. The van der Waals surface area contributed by atoms with Crippen molar-refractivity contribution >= 4 is 23.2 Å². The average molecular weight is 290 g/mol. The first-order chi connectivity index (χ1) is 8.72. The molecule has 0 saturated carbocycles. The van der Waals surface area contributed by atoms with Crippen molar-refractivity contribution in [3.05, 3.63) is 33.8 Å². The highest BCUT2D eigenvalue weighted by Crippen LogP contribution is 2.28. The van der Waals surface area contributed by atoms with Gasteiger partial charge in [0.2, 0.25) is 0 Å². The molecule has 1 fully saturated rings. The van der Waals surface area contributed by atoms with Crippen LogP contribution in [0.15, 0.2) is 18.2 Å². The van der Waals surface area contributed by atoms with Crippen LogP contribution in [-0.2, 0) is 9.47 Å². The van der Waals surface area contributed by atoms with Crippen LogP contribution in [-0.4, -0.2) is 32.5 Å². The average Bonchev–Trinajstić information content (AvgIpc) is 2.40. The summed E-state index contributed by atoms with van der Waals surface area (Å²) in [6.45, 7) is 4.81. The number of benzene rings is 1. The molecule has 0 aliphatic carbocycles. The molecule has 1 saturated heterocycles. The highest BCUT2D eigenvalue weighted by molar-refractivity contribution is 6.42. The third-order valence-electron chi connectivity index (χ3n) is 2.94. The van der Waals surface area contributed by atoms with E-state index in [1.54, 1.807) is 0 Å². The Kier molecular flexibility index (Phi) is 5.27. The lowest BCUT2D eigenvalue weighted by molar-refractivity contribution is -0.102. The quantitative estimate of drug-likeness (QED) is 0.924. The Balaban J connectivity index is 2.19. The number of ether oxygens (including phenoxy) is 2. The van der Waals surface area contributed by atoms with E-state index in [1.165, 1.54) is 0 Å². The lowest BCUT2D eigenvalue weighted by Gasteiger charge is -2.31. The summed E-state index contributed by atoms with van der Waals surface area (Å²) in [5.74, 6) is 0. The van der Waals surface area contributed by atoms with Crippen molar-refractivity contribution in [1.29, 1.82) is 0 Å². The molecular weight excluding hydrogens is 273 g/mol. The standard InChI is InChI=1S/C13H17Cl2NO2/c1-2-16-13(12-8-17-5-6-18-12)9-3-4-10(14)11(15)7-9/h3-4,7,12-13,16H,2,5-6,8H2,1H3. The normalized spacial score (nSPS) is 21.8. The fraction of sp³-hybridized carbons (Fsp3) is 0.538. The second-order valence-electron chi connectivity index (χ2n) is 4.19. The van der Waals surface area contributed by atoms with Gasteiger partial charge in [0.25, 0.3) is 0 Å². The number of likely N-dealkylation sites (N-methyl/N-ethyl adjacent to an activating group) is 1. The Hall–Kier alpha value is -0.320.